The van der Waals surface area contributed by atoms with Crippen LogP contribution in [0.5, 0.6) is 0 Å². The fraction of sp³-hybridized carbons (Fsp3) is 0.348. The normalized spacial score (nSPS) is 15.2. The van der Waals surface area contributed by atoms with Crippen LogP contribution < -0.4 is 5.32 Å². The van der Waals surface area contributed by atoms with E-state index >= 15 is 0 Å². The second-order valence-electron chi connectivity index (χ2n) is 8.02. The number of hydrogen-bond acceptors (Lipinski definition) is 11. The van der Waals surface area contributed by atoms with E-state index in [1.807, 2.05) is 30.3 Å². The van der Waals surface area contributed by atoms with Crippen molar-refractivity contribution in [2.24, 2.45) is 7.05 Å². The second-order valence-corrected chi connectivity index (χ2v) is 8.02. The van der Waals surface area contributed by atoms with Crippen LogP contribution in [-0.2, 0) is 37.4 Å². The van der Waals surface area contributed by atoms with Gasteiger partial charge >= 0.3 is 17.8 Å². The summed E-state index contributed by atoms with van der Waals surface area (Å²) in [5, 5.41) is 24.0. The summed E-state index contributed by atoms with van der Waals surface area (Å²) < 4.78 is 12.0. The molecule has 1 aliphatic heterocycles. The van der Waals surface area contributed by atoms with Crippen molar-refractivity contribution in [3.63, 3.8) is 0 Å². The van der Waals surface area contributed by atoms with E-state index in [0.717, 1.165) is 5.56 Å². The van der Waals surface area contributed by atoms with Crippen molar-refractivity contribution in [3.05, 3.63) is 90.7 Å². The molecule has 14 nitrogen and oxygen atoms in total. The zero-order chi connectivity index (χ0) is 27.1. The van der Waals surface area contributed by atoms with Crippen LogP contribution in [0, 0.1) is 20.2 Å². The Bertz CT molecular complexity index is 1270. The van der Waals surface area contributed by atoms with Crippen molar-refractivity contribution >= 4 is 17.8 Å². The molecule has 1 unspecified atom stereocenters. The summed E-state index contributed by atoms with van der Waals surface area (Å²) in [6, 6.07) is 9.33. The quantitative estimate of drug-likeness (QED) is 0.200. The molecule has 0 radical (unpaired) electrons. The molecule has 2 aromatic rings. The number of rotatable bonds is 11. The number of esters is 2. The molecule has 0 fully saturated rings. The number of imidazole rings is 1. The Morgan fingerprint density at radius 1 is 1.00 bits per heavy atom. The minimum absolute atomic E-state index is 0.0283. The molecule has 1 aliphatic rings. The molecule has 1 aromatic heterocycles. The fourth-order valence-electron chi connectivity index (χ4n) is 4.02. The van der Waals surface area contributed by atoms with Gasteiger partial charge in [-0.3, -0.25) is 0 Å². The van der Waals surface area contributed by atoms with Crippen LogP contribution in [-0.4, -0.2) is 51.3 Å². The molecule has 0 amide bonds. The number of aromatic nitrogens is 2. The lowest BCUT2D eigenvalue weighted by Crippen LogP contribution is -2.34. The molecule has 1 aromatic carbocycles. The molecule has 3 rings (SSSR count). The molecule has 0 aliphatic carbocycles. The van der Waals surface area contributed by atoms with Gasteiger partial charge in [0.1, 0.15) is 18.9 Å². The van der Waals surface area contributed by atoms with Crippen LogP contribution in [0.4, 0.5) is 5.82 Å². The van der Waals surface area contributed by atoms with Crippen molar-refractivity contribution in [2.75, 3.05) is 19.8 Å². The van der Waals surface area contributed by atoms with Gasteiger partial charge in [0.15, 0.2) is 0 Å². The van der Waals surface area contributed by atoms with Crippen molar-refractivity contribution in [1.82, 2.24) is 14.9 Å². The highest BCUT2D eigenvalue weighted by Gasteiger charge is 2.43. The summed E-state index contributed by atoms with van der Waals surface area (Å²) in [6.45, 7) is 2.18. The van der Waals surface area contributed by atoms with Crippen LogP contribution in [0.15, 0.2) is 59.2 Å². The highest BCUT2D eigenvalue weighted by Crippen LogP contribution is 2.42. The lowest BCUT2D eigenvalue weighted by molar-refractivity contribution is -0.757. The van der Waals surface area contributed by atoms with Crippen molar-refractivity contribution in [2.45, 2.75) is 26.2 Å². The summed E-state index contributed by atoms with van der Waals surface area (Å²) >= 11 is 0. The number of carbonyl (C=O) groups is 2. The number of ether oxygens (including phenoxy) is 2. The molecular formula is C23H25N5O9. The van der Waals surface area contributed by atoms with E-state index in [1.165, 1.54) is 17.9 Å². The standard InChI is InChI=1S/C23H25N5O9/c1-14-17(22(29)35-10-9-16-7-5-4-6-8-16)19(20-21(27(31)32)24-13-26(20)3)18(15(2)25-14)23(30)36-11-12-37-28(33)34/h4-8,13,19,25H,9-12H2,1-3H3. The Labute approximate surface area is 210 Å². The van der Waals surface area contributed by atoms with E-state index < -0.39 is 46.9 Å². The first kappa shape index (κ1) is 26.8. The van der Waals surface area contributed by atoms with Gasteiger partial charge < -0.3 is 34.3 Å². The molecule has 0 bridgehead atoms. The van der Waals surface area contributed by atoms with Crippen LogP contribution in [0.25, 0.3) is 0 Å². The number of hydrogen-bond donors (Lipinski definition) is 1. The summed E-state index contributed by atoms with van der Waals surface area (Å²) in [7, 11) is 1.49. The summed E-state index contributed by atoms with van der Waals surface area (Å²) in [6.07, 6.45) is 1.63. The third kappa shape index (κ3) is 6.28. The second kappa shape index (κ2) is 11.8. The molecule has 1 atom stereocenters. The fourth-order valence-corrected chi connectivity index (χ4v) is 4.02. The maximum Gasteiger partial charge on any atom is 0.385 e. The van der Waals surface area contributed by atoms with E-state index in [-0.39, 0.29) is 29.1 Å². The average molecular weight is 515 g/mol. The van der Waals surface area contributed by atoms with E-state index in [9.17, 15) is 29.8 Å². The van der Waals surface area contributed by atoms with Gasteiger partial charge in [-0.1, -0.05) is 30.3 Å². The first-order chi connectivity index (χ1) is 17.6. The summed E-state index contributed by atoms with van der Waals surface area (Å²) in [4.78, 5) is 55.8. The van der Waals surface area contributed by atoms with Gasteiger partial charge in [0, 0.05) is 24.9 Å². The summed E-state index contributed by atoms with van der Waals surface area (Å²) in [5.74, 6) is -3.54. The van der Waals surface area contributed by atoms with E-state index in [2.05, 4.69) is 15.1 Å². The minimum Gasteiger partial charge on any atom is -0.462 e. The number of nitrogens with zero attached hydrogens (tertiary/aromatic N) is 4. The first-order valence-electron chi connectivity index (χ1n) is 11.1. The molecule has 196 valence electrons. The zero-order valence-corrected chi connectivity index (χ0v) is 20.3. The van der Waals surface area contributed by atoms with Crippen molar-refractivity contribution in [1.29, 1.82) is 0 Å². The Morgan fingerprint density at radius 2 is 1.59 bits per heavy atom. The van der Waals surface area contributed by atoms with Crippen LogP contribution >= 0.6 is 0 Å². The van der Waals surface area contributed by atoms with Crippen molar-refractivity contribution < 1.29 is 33.9 Å². The molecule has 0 spiro atoms. The maximum atomic E-state index is 13.3. The van der Waals surface area contributed by atoms with Crippen LogP contribution in [0.1, 0.15) is 31.0 Å². The number of dihydropyridines is 1. The molecule has 0 saturated heterocycles. The lowest BCUT2D eigenvalue weighted by Gasteiger charge is -2.29. The first-order valence-corrected chi connectivity index (χ1v) is 11.1. The molecule has 14 heteroatoms. The predicted octanol–water partition coefficient (Wildman–Crippen LogP) is 2.10. The Hall–Kier alpha value is -4.75. The summed E-state index contributed by atoms with van der Waals surface area (Å²) in [5.41, 5.74) is 1.38. The number of aryl methyl sites for hydroxylation is 1. The smallest absolute Gasteiger partial charge is 0.385 e. The third-order valence-corrected chi connectivity index (χ3v) is 5.59. The predicted molar refractivity (Wildman–Crippen MR) is 126 cm³/mol. The average Bonchev–Trinajstić information content (AvgIpc) is 3.23. The van der Waals surface area contributed by atoms with Gasteiger partial charge in [0.25, 0.3) is 5.09 Å². The van der Waals surface area contributed by atoms with Crippen LogP contribution in [0.3, 0.4) is 0 Å². The van der Waals surface area contributed by atoms with Gasteiger partial charge in [-0.2, -0.15) is 0 Å². The van der Waals surface area contributed by atoms with Gasteiger partial charge in [-0.25, -0.2) is 9.59 Å². The lowest BCUT2D eigenvalue weighted by atomic mass is 9.82. The highest BCUT2D eigenvalue weighted by molar-refractivity contribution is 6.00. The van der Waals surface area contributed by atoms with Gasteiger partial charge in [0.05, 0.1) is 23.7 Å². The van der Waals surface area contributed by atoms with E-state index in [1.54, 1.807) is 13.8 Å². The topological polar surface area (TPSA) is 178 Å². The van der Waals surface area contributed by atoms with E-state index in [4.69, 9.17) is 9.47 Å². The highest BCUT2D eigenvalue weighted by atomic mass is 17.0. The number of benzene rings is 1. The van der Waals surface area contributed by atoms with E-state index in [0.29, 0.717) is 12.1 Å². The third-order valence-electron chi connectivity index (χ3n) is 5.59. The van der Waals surface area contributed by atoms with Crippen LogP contribution in [0.2, 0.25) is 0 Å². The molecular weight excluding hydrogens is 490 g/mol. The SMILES string of the molecule is CC1=C(C(=O)OCCO[N+](=O)[O-])C(c2c([N+](=O)[O-])ncn2C)C(C(=O)OCCc2ccccc2)=C(C)N1. The molecule has 2 heterocycles. The minimum atomic E-state index is -1.26. The maximum absolute atomic E-state index is 13.3. The number of nitrogens with one attached hydrogen (secondary N) is 1. The largest absolute Gasteiger partial charge is 0.462 e. The Kier molecular flexibility index (Phi) is 8.55. The number of allylic oxidation sites excluding steroid dienone is 2. The Morgan fingerprint density at radius 3 is 2.16 bits per heavy atom. The Balaban J connectivity index is 1.96. The molecule has 37 heavy (non-hydrogen) atoms. The number of nitro groups is 1. The molecule has 1 N–H and O–H groups in total. The zero-order valence-electron chi connectivity index (χ0n) is 20.3. The monoisotopic (exact) mass is 515 g/mol. The van der Waals surface area contributed by atoms with Gasteiger partial charge in [0.2, 0.25) is 6.33 Å². The van der Waals surface area contributed by atoms with Crippen molar-refractivity contribution in [3.8, 4) is 0 Å². The van der Waals surface area contributed by atoms with Gasteiger partial charge in [-0.15, -0.1) is 10.1 Å². The number of carbonyl (C=O) groups excluding carboxylic acids is 2. The molecule has 0 saturated carbocycles. The van der Waals surface area contributed by atoms with Gasteiger partial charge in [-0.05, 0) is 29.3 Å².